The molecular weight excluding hydrogens is 310 g/mol. The fourth-order valence-corrected chi connectivity index (χ4v) is 2.56. The Bertz CT molecular complexity index is 744. The Hall–Kier alpha value is -3.02. The van der Waals surface area contributed by atoms with Crippen LogP contribution in [0.2, 0.25) is 0 Å². The molecule has 0 fully saturated rings. The molecular formula is C18H17NO5. The summed E-state index contributed by atoms with van der Waals surface area (Å²) in [7, 11) is 0. The summed E-state index contributed by atoms with van der Waals surface area (Å²) in [5.41, 5.74) is 1.67. The minimum Gasteiger partial charge on any atom is -0.490 e. The molecule has 0 atom stereocenters. The van der Waals surface area contributed by atoms with Crippen molar-refractivity contribution in [3.8, 4) is 5.75 Å². The lowest BCUT2D eigenvalue weighted by Crippen LogP contribution is -2.32. The molecule has 1 amide bonds. The first-order chi connectivity index (χ1) is 11.6. The number of para-hydroxylation sites is 1. The van der Waals surface area contributed by atoms with E-state index in [4.69, 9.17) is 9.47 Å². The zero-order chi connectivity index (χ0) is 16.9. The number of ether oxygens (including phenoxy) is 2. The number of carbonyl (C=O) groups is 2. The average Bonchev–Trinajstić information content (AvgIpc) is 2.82. The van der Waals surface area contributed by atoms with E-state index in [0.29, 0.717) is 17.9 Å². The number of rotatable bonds is 3. The van der Waals surface area contributed by atoms with Gasteiger partial charge in [-0.15, -0.1) is 0 Å². The summed E-state index contributed by atoms with van der Waals surface area (Å²) in [5.74, 6) is -0.727. The van der Waals surface area contributed by atoms with Crippen molar-refractivity contribution in [1.82, 2.24) is 4.90 Å². The van der Waals surface area contributed by atoms with E-state index < -0.39 is 12.1 Å². The molecule has 24 heavy (non-hydrogen) atoms. The molecule has 1 N–H and O–H groups in total. The fraction of sp³-hybridized carbons (Fsp3) is 0.222. The Balaban J connectivity index is 1.70. The minimum absolute atomic E-state index is 0.104. The van der Waals surface area contributed by atoms with E-state index in [2.05, 4.69) is 0 Å². The van der Waals surface area contributed by atoms with Crippen molar-refractivity contribution in [2.45, 2.75) is 13.2 Å². The van der Waals surface area contributed by atoms with Crippen LogP contribution in [0.1, 0.15) is 21.5 Å². The highest BCUT2D eigenvalue weighted by Gasteiger charge is 2.24. The largest absolute Gasteiger partial charge is 0.490 e. The number of benzene rings is 2. The first kappa shape index (κ1) is 15.9. The van der Waals surface area contributed by atoms with Gasteiger partial charge in [0.05, 0.1) is 13.1 Å². The number of hydrogen-bond acceptors (Lipinski definition) is 4. The summed E-state index contributed by atoms with van der Waals surface area (Å²) in [6, 6.07) is 14.3. The van der Waals surface area contributed by atoms with Crippen LogP contribution in [-0.4, -0.2) is 35.2 Å². The SMILES string of the molecule is O=C(O)c1cccc2c1OCCN(C(=O)OCc1ccccc1)C2. The summed E-state index contributed by atoms with van der Waals surface area (Å²) in [5, 5.41) is 9.23. The lowest BCUT2D eigenvalue weighted by molar-refractivity contribution is 0.0691. The van der Waals surface area contributed by atoms with Crippen LogP contribution in [0.5, 0.6) is 5.75 Å². The number of nitrogens with zero attached hydrogens (tertiary/aromatic N) is 1. The van der Waals surface area contributed by atoms with Crippen molar-refractivity contribution >= 4 is 12.1 Å². The van der Waals surface area contributed by atoms with E-state index in [1.54, 1.807) is 12.1 Å². The molecule has 1 aliphatic rings. The van der Waals surface area contributed by atoms with Crippen LogP contribution < -0.4 is 4.74 Å². The summed E-state index contributed by atoms with van der Waals surface area (Å²) in [4.78, 5) is 25.1. The van der Waals surface area contributed by atoms with Crippen LogP contribution in [-0.2, 0) is 17.9 Å². The molecule has 124 valence electrons. The highest BCUT2D eigenvalue weighted by Crippen LogP contribution is 2.28. The molecule has 2 aromatic rings. The van der Waals surface area contributed by atoms with Crippen LogP contribution in [0.25, 0.3) is 0 Å². The minimum atomic E-state index is -1.05. The fourth-order valence-electron chi connectivity index (χ4n) is 2.56. The van der Waals surface area contributed by atoms with Gasteiger partial charge in [0.25, 0.3) is 0 Å². The van der Waals surface area contributed by atoms with Crippen molar-refractivity contribution in [2.75, 3.05) is 13.2 Å². The lowest BCUT2D eigenvalue weighted by atomic mass is 10.1. The molecule has 0 saturated heterocycles. The van der Waals surface area contributed by atoms with E-state index in [1.807, 2.05) is 30.3 Å². The third-order valence-electron chi connectivity index (χ3n) is 3.76. The van der Waals surface area contributed by atoms with E-state index in [0.717, 1.165) is 5.56 Å². The molecule has 6 nitrogen and oxygen atoms in total. The molecule has 2 aromatic carbocycles. The van der Waals surface area contributed by atoms with E-state index >= 15 is 0 Å². The Morgan fingerprint density at radius 1 is 1.12 bits per heavy atom. The Kier molecular flexibility index (Phi) is 4.65. The highest BCUT2D eigenvalue weighted by molar-refractivity contribution is 5.91. The van der Waals surface area contributed by atoms with Crippen LogP contribution in [0.4, 0.5) is 4.79 Å². The number of hydrogen-bond donors (Lipinski definition) is 1. The van der Waals surface area contributed by atoms with E-state index in [-0.39, 0.29) is 25.3 Å². The first-order valence-corrected chi connectivity index (χ1v) is 7.59. The average molecular weight is 327 g/mol. The van der Waals surface area contributed by atoms with Crippen molar-refractivity contribution in [2.24, 2.45) is 0 Å². The molecule has 6 heteroatoms. The number of carboxylic acids is 1. The van der Waals surface area contributed by atoms with Crippen LogP contribution in [0, 0.1) is 0 Å². The standard InChI is InChI=1S/C18H17NO5/c20-17(21)15-8-4-7-14-11-19(9-10-23-16(14)15)18(22)24-12-13-5-2-1-3-6-13/h1-8H,9-12H2,(H,20,21). The maximum absolute atomic E-state index is 12.3. The second kappa shape index (κ2) is 7.04. The normalized spacial score (nSPS) is 13.4. The van der Waals surface area contributed by atoms with Crippen molar-refractivity contribution in [3.63, 3.8) is 0 Å². The van der Waals surface area contributed by atoms with Crippen LogP contribution >= 0.6 is 0 Å². The van der Waals surface area contributed by atoms with Gasteiger partial charge in [0.2, 0.25) is 0 Å². The van der Waals surface area contributed by atoms with Gasteiger partial charge in [-0.25, -0.2) is 9.59 Å². The maximum Gasteiger partial charge on any atom is 0.410 e. The van der Waals surface area contributed by atoms with Gasteiger partial charge in [0.15, 0.2) is 0 Å². The number of fused-ring (bicyclic) bond motifs is 1. The van der Waals surface area contributed by atoms with E-state index in [9.17, 15) is 14.7 Å². The summed E-state index contributed by atoms with van der Waals surface area (Å²) >= 11 is 0. The van der Waals surface area contributed by atoms with Gasteiger partial charge >= 0.3 is 12.1 Å². The number of carbonyl (C=O) groups excluding carboxylic acids is 1. The molecule has 1 heterocycles. The number of aromatic carboxylic acids is 1. The van der Waals surface area contributed by atoms with Crippen molar-refractivity contribution < 1.29 is 24.2 Å². The molecule has 0 unspecified atom stereocenters. The lowest BCUT2D eigenvalue weighted by Gasteiger charge is -2.19. The van der Waals surface area contributed by atoms with Gasteiger partial charge in [0.1, 0.15) is 24.5 Å². The third kappa shape index (κ3) is 3.48. The third-order valence-corrected chi connectivity index (χ3v) is 3.76. The zero-order valence-corrected chi connectivity index (χ0v) is 13.0. The maximum atomic E-state index is 12.3. The molecule has 0 spiro atoms. The van der Waals surface area contributed by atoms with Gasteiger partial charge in [-0.2, -0.15) is 0 Å². The summed E-state index contributed by atoms with van der Waals surface area (Å²) in [6.45, 7) is 1.00. The van der Waals surface area contributed by atoms with Crippen molar-refractivity contribution in [3.05, 3.63) is 65.2 Å². The van der Waals surface area contributed by atoms with Gasteiger partial charge in [0, 0.05) is 5.56 Å². The number of amides is 1. The first-order valence-electron chi connectivity index (χ1n) is 7.59. The zero-order valence-electron chi connectivity index (χ0n) is 13.0. The Morgan fingerprint density at radius 2 is 1.92 bits per heavy atom. The van der Waals surface area contributed by atoms with Gasteiger partial charge in [-0.1, -0.05) is 42.5 Å². The molecule has 1 aliphatic heterocycles. The predicted octanol–water partition coefficient (Wildman–Crippen LogP) is 2.92. The topological polar surface area (TPSA) is 76.1 Å². The van der Waals surface area contributed by atoms with Crippen molar-refractivity contribution in [1.29, 1.82) is 0 Å². The second-order valence-electron chi connectivity index (χ2n) is 5.41. The molecule has 0 saturated carbocycles. The Morgan fingerprint density at radius 3 is 2.67 bits per heavy atom. The predicted molar refractivity (Wildman–Crippen MR) is 85.9 cm³/mol. The van der Waals surface area contributed by atoms with E-state index in [1.165, 1.54) is 11.0 Å². The van der Waals surface area contributed by atoms with Gasteiger partial charge in [-0.3, -0.25) is 0 Å². The quantitative estimate of drug-likeness (QED) is 0.938. The molecule has 3 rings (SSSR count). The summed E-state index contributed by atoms with van der Waals surface area (Å²) in [6.07, 6.45) is -0.448. The molecule has 0 aliphatic carbocycles. The highest BCUT2D eigenvalue weighted by atomic mass is 16.6. The Labute approximate surface area is 139 Å². The number of carboxylic acid groups (broad SMARTS) is 1. The van der Waals surface area contributed by atoms with Gasteiger partial charge in [-0.05, 0) is 11.6 Å². The molecule has 0 radical (unpaired) electrons. The summed E-state index contributed by atoms with van der Waals surface area (Å²) < 4.78 is 10.9. The van der Waals surface area contributed by atoms with Gasteiger partial charge < -0.3 is 19.5 Å². The smallest absolute Gasteiger partial charge is 0.410 e. The van der Waals surface area contributed by atoms with Crippen LogP contribution in [0.15, 0.2) is 48.5 Å². The molecule has 0 bridgehead atoms. The monoisotopic (exact) mass is 327 g/mol. The second-order valence-corrected chi connectivity index (χ2v) is 5.41. The molecule has 0 aromatic heterocycles. The van der Waals surface area contributed by atoms with Crippen LogP contribution in [0.3, 0.4) is 0 Å².